The first kappa shape index (κ1) is 9.72. The molecule has 0 aliphatic heterocycles. The lowest BCUT2D eigenvalue weighted by molar-refractivity contribution is 0.0702. The van der Waals surface area contributed by atoms with Crippen molar-refractivity contribution in [1.82, 2.24) is 0 Å². The Morgan fingerprint density at radius 3 is 2.79 bits per heavy atom. The second-order valence-corrected chi connectivity index (χ2v) is 5.01. The lowest BCUT2D eigenvalue weighted by atomic mass is 10.2. The zero-order valence-electron chi connectivity index (χ0n) is 6.95. The van der Waals surface area contributed by atoms with Crippen LogP contribution in [0, 0.1) is 3.57 Å². The smallest absolute Gasteiger partial charge is 0.345 e. The van der Waals surface area contributed by atoms with Gasteiger partial charge in [0.05, 0.1) is 4.70 Å². The fourth-order valence-electron chi connectivity index (χ4n) is 1.22. The predicted octanol–water partition coefficient (Wildman–Crippen LogP) is 2.79. The van der Waals surface area contributed by atoms with E-state index in [-0.39, 0.29) is 0 Å². The Morgan fingerprint density at radius 1 is 1.50 bits per heavy atom. The molecule has 0 saturated heterocycles. The van der Waals surface area contributed by atoms with Gasteiger partial charge in [-0.15, -0.1) is 11.3 Å². The van der Waals surface area contributed by atoms with Crippen LogP contribution in [0.3, 0.4) is 0 Å². The summed E-state index contributed by atoms with van der Waals surface area (Å²) in [6, 6.07) is 5.35. The van der Waals surface area contributed by atoms with Gasteiger partial charge in [0.1, 0.15) is 4.88 Å². The minimum absolute atomic E-state index is 0.329. The first-order chi connectivity index (χ1) is 6.59. The molecule has 0 bridgehead atoms. The SMILES string of the molecule is Nc1ccc(I)c2cc(C(=O)O)sc12. The number of nitrogen functional groups attached to an aromatic ring is 1. The van der Waals surface area contributed by atoms with Crippen molar-refractivity contribution in [2.75, 3.05) is 5.73 Å². The number of thiophene rings is 1. The molecule has 0 amide bonds. The van der Waals surface area contributed by atoms with E-state index in [1.807, 2.05) is 6.07 Å². The number of halogens is 1. The van der Waals surface area contributed by atoms with Crippen molar-refractivity contribution in [1.29, 1.82) is 0 Å². The molecule has 14 heavy (non-hydrogen) atoms. The Balaban J connectivity index is 2.82. The van der Waals surface area contributed by atoms with Gasteiger partial charge in [-0.05, 0) is 40.8 Å². The van der Waals surface area contributed by atoms with Crippen LogP contribution in [-0.2, 0) is 0 Å². The molecule has 1 heterocycles. The van der Waals surface area contributed by atoms with Crippen LogP contribution in [0.25, 0.3) is 10.1 Å². The fraction of sp³-hybridized carbons (Fsp3) is 0. The van der Waals surface area contributed by atoms with Gasteiger partial charge in [0, 0.05) is 14.6 Å². The van der Waals surface area contributed by atoms with Gasteiger partial charge in [0.25, 0.3) is 0 Å². The van der Waals surface area contributed by atoms with Crippen LogP contribution in [0.2, 0.25) is 0 Å². The molecule has 0 fully saturated rings. The van der Waals surface area contributed by atoms with Gasteiger partial charge < -0.3 is 10.8 Å². The third kappa shape index (κ3) is 1.46. The summed E-state index contributed by atoms with van der Waals surface area (Å²) >= 11 is 3.39. The third-order valence-corrected chi connectivity index (χ3v) is 3.98. The van der Waals surface area contributed by atoms with E-state index in [9.17, 15) is 4.79 Å². The summed E-state index contributed by atoms with van der Waals surface area (Å²) in [6.45, 7) is 0. The molecule has 1 aromatic heterocycles. The van der Waals surface area contributed by atoms with Crippen molar-refractivity contribution >= 4 is 55.7 Å². The average Bonchev–Trinajstić information content (AvgIpc) is 2.57. The number of anilines is 1. The van der Waals surface area contributed by atoms with Gasteiger partial charge in [-0.25, -0.2) is 4.79 Å². The van der Waals surface area contributed by atoms with Gasteiger partial charge in [-0.2, -0.15) is 0 Å². The lowest BCUT2D eigenvalue weighted by Gasteiger charge is -1.96. The molecule has 72 valence electrons. The monoisotopic (exact) mass is 319 g/mol. The van der Waals surface area contributed by atoms with Crippen LogP contribution in [0.1, 0.15) is 9.67 Å². The number of fused-ring (bicyclic) bond motifs is 1. The maximum atomic E-state index is 10.8. The highest BCUT2D eigenvalue weighted by Gasteiger charge is 2.11. The molecule has 0 aliphatic carbocycles. The Bertz CT molecular complexity index is 482. The highest BCUT2D eigenvalue weighted by molar-refractivity contribution is 14.1. The number of carbonyl (C=O) groups is 1. The number of nitrogens with two attached hydrogens (primary N) is 1. The number of hydrogen-bond acceptors (Lipinski definition) is 3. The van der Waals surface area contributed by atoms with Crippen molar-refractivity contribution in [3.8, 4) is 0 Å². The maximum Gasteiger partial charge on any atom is 0.345 e. The van der Waals surface area contributed by atoms with Gasteiger partial charge in [-0.3, -0.25) is 0 Å². The molecule has 3 N–H and O–H groups in total. The van der Waals surface area contributed by atoms with Crippen LogP contribution >= 0.6 is 33.9 Å². The molecule has 0 radical (unpaired) electrons. The quantitative estimate of drug-likeness (QED) is 0.627. The first-order valence-corrected chi connectivity index (χ1v) is 5.70. The predicted molar refractivity (Wildman–Crippen MR) is 65.9 cm³/mol. The first-order valence-electron chi connectivity index (χ1n) is 3.80. The number of hydrogen-bond donors (Lipinski definition) is 2. The van der Waals surface area contributed by atoms with Gasteiger partial charge in [0.2, 0.25) is 0 Å². The van der Waals surface area contributed by atoms with Crippen LogP contribution in [-0.4, -0.2) is 11.1 Å². The topological polar surface area (TPSA) is 63.3 Å². The van der Waals surface area contributed by atoms with E-state index >= 15 is 0 Å². The minimum Gasteiger partial charge on any atom is -0.477 e. The summed E-state index contributed by atoms with van der Waals surface area (Å²) in [7, 11) is 0. The number of rotatable bonds is 1. The van der Waals surface area contributed by atoms with Crippen LogP contribution in [0.15, 0.2) is 18.2 Å². The normalized spacial score (nSPS) is 10.6. The molecule has 1 aromatic carbocycles. The fourth-order valence-corrected chi connectivity index (χ4v) is 2.95. The largest absolute Gasteiger partial charge is 0.477 e. The third-order valence-electron chi connectivity index (χ3n) is 1.87. The Labute approximate surface area is 97.7 Å². The molecule has 2 rings (SSSR count). The molecule has 5 heteroatoms. The molecule has 3 nitrogen and oxygen atoms in total. The van der Waals surface area contributed by atoms with E-state index in [4.69, 9.17) is 10.8 Å². The maximum absolute atomic E-state index is 10.8. The molecule has 0 spiro atoms. The van der Waals surface area contributed by atoms with E-state index < -0.39 is 5.97 Å². The van der Waals surface area contributed by atoms with Crippen molar-refractivity contribution in [2.24, 2.45) is 0 Å². The summed E-state index contributed by atoms with van der Waals surface area (Å²) in [4.78, 5) is 11.1. The molecular weight excluding hydrogens is 313 g/mol. The van der Waals surface area contributed by atoms with E-state index in [1.54, 1.807) is 12.1 Å². The van der Waals surface area contributed by atoms with E-state index in [2.05, 4.69) is 22.6 Å². The molecule has 0 saturated carbocycles. The van der Waals surface area contributed by atoms with Crippen LogP contribution in [0.5, 0.6) is 0 Å². The lowest BCUT2D eigenvalue weighted by Crippen LogP contribution is -1.89. The summed E-state index contributed by atoms with van der Waals surface area (Å²) in [6.07, 6.45) is 0. The van der Waals surface area contributed by atoms with Crippen molar-refractivity contribution in [3.05, 3.63) is 26.6 Å². The van der Waals surface area contributed by atoms with Crippen molar-refractivity contribution in [2.45, 2.75) is 0 Å². The summed E-state index contributed by atoms with van der Waals surface area (Å²) in [5, 5.41) is 9.76. The minimum atomic E-state index is -0.901. The second kappa shape index (κ2) is 3.39. The van der Waals surface area contributed by atoms with Gasteiger partial charge >= 0.3 is 5.97 Å². The molecule has 2 aromatic rings. The van der Waals surface area contributed by atoms with E-state index in [1.165, 1.54) is 11.3 Å². The summed E-state index contributed by atoms with van der Waals surface area (Å²) in [5.74, 6) is -0.901. The Kier molecular flexibility index (Phi) is 2.36. The van der Waals surface area contributed by atoms with E-state index in [0.29, 0.717) is 10.6 Å². The van der Waals surface area contributed by atoms with Crippen LogP contribution in [0.4, 0.5) is 5.69 Å². The highest BCUT2D eigenvalue weighted by atomic mass is 127. The van der Waals surface area contributed by atoms with Crippen LogP contribution < -0.4 is 5.73 Å². The molecular formula is C9H6INO2S. The Hall–Kier alpha value is -0.820. The van der Waals surface area contributed by atoms with Gasteiger partial charge in [0.15, 0.2) is 0 Å². The summed E-state index contributed by atoms with van der Waals surface area (Å²) in [5.41, 5.74) is 6.39. The van der Waals surface area contributed by atoms with Gasteiger partial charge in [-0.1, -0.05) is 0 Å². The average molecular weight is 319 g/mol. The van der Waals surface area contributed by atoms with Crippen molar-refractivity contribution in [3.63, 3.8) is 0 Å². The molecule has 0 atom stereocenters. The number of carboxylic acids is 1. The highest BCUT2D eigenvalue weighted by Crippen LogP contribution is 2.33. The van der Waals surface area contributed by atoms with Crippen molar-refractivity contribution < 1.29 is 9.90 Å². The summed E-state index contributed by atoms with van der Waals surface area (Å²) < 4.78 is 1.88. The van der Waals surface area contributed by atoms with E-state index in [0.717, 1.165) is 13.7 Å². The number of aromatic carboxylic acids is 1. The molecule has 0 unspecified atom stereocenters. The number of benzene rings is 1. The zero-order valence-corrected chi connectivity index (χ0v) is 9.93. The standard InChI is InChI=1S/C9H6INO2S/c10-5-1-2-6(11)8-4(5)3-7(14-8)9(12)13/h1-3H,11H2,(H,12,13). The molecule has 0 aliphatic rings. The Morgan fingerprint density at radius 2 is 2.21 bits per heavy atom. The number of carboxylic acid groups (broad SMARTS) is 1. The second-order valence-electron chi connectivity index (χ2n) is 2.80. The zero-order chi connectivity index (χ0) is 10.3.